The number of para-hydroxylation sites is 1. The molecule has 2 aromatic carbocycles. The maximum Gasteiger partial charge on any atom is 0.187 e. The predicted molar refractivity (Wildman–Crippen MR) is 148 cm³/mol. The fraction of sp³-hybridized carbons (Fsp3) is 0.414. The van der Waals surface area contributed by atoms with Crippen LogP contribution < -0.4 is 0 Å². The highest BCUT2D eigenvalue weighted by Crippen LogP contribution is 2.34. The molecule has 2 aliphatic heterocycles. The number of nitrogens with one attached hydrogen (secondary N) is 1. The third-order valence-corrected chi connectivity index (χ3v) is 8.74. The van der Waals surface area contributed by atoms with E-state index in [-0.39, 0.29) is 5.78 Å². The van der Waals surface area contributed by atoms with E-state index in [0.717, 1.165) is 25.9 Å². The molecule has 6 nitrogen and oxygen atoms in total. The first-order valence-electron chi connectivity index (χ1n) is 12.9. The molecule has 2 fully saturated rings. The van der Waals surface area contributed by atoms with E-state index < -0.39 is 11.7 Å². The minimum atomic E-state index is -1.12. The van der Waals surface area contributed by atoms with Crippen LogP contribution in [0.15, 0.2) is 60.9 Å². The van der Waals surface area contributed by atoms with Crippen molar-refractivity contribution in [3.63, 3.8) is 0 Å². The quantitative estimate of drug-likeness (QED) is 0.281. The Kier molecular flexibility index (Phi) is 7.93. The molecular weight excluding hydrogens is 509 g/mol. The Morgan fingerprint density at radius 2 is 1.81 bits per heavy atom. The molecule has 2 aliphatic rings. The lowest BCUT2D eigenvalue weighted by Crippen LogP contribution is -2.54. The minimum Gasteiger partial charge on any atom is -0.389 e. The molecule has 0 radical (unpaired) electrons. The van der Waals surface area contributed by atoms with Crippen LogP contribution in [0, 0.1) is 0 Å². The molecule has 1 atom stereocenters. The van der Waals surface area contributed by atoms with Gasteiger partial charge in [0.15, 0.2) is 5.78 Å². The first-order valence-corrected chi connectivity index (χ1v) is 13.7. The number of benzene rings is 2. The second-order valence-electron chi connectivity index (χ2n) is 10.3. The number of aliphatic hydroxyl groups excluding tert-OH is 1. The number of carbonyl (C=O) groups excluding carboxylic acids is 1. The van der Waals surface area contributed by atoms with Crippen molar-refractivity contribution in [1.82, 2.24) is 14.8 Å². The standard InChI is InChI=1S/C29H33Cl2N3O3/c30-24-6-5-21(17-25(24)31)27(35)9-14-33-15-10-29(37,11-16-33)28(36)19-34-12-7-20(8-13-34)23-18-32-26-4-2-1-3-22(23)26/h1-6,9,14,17-18,20,28,32,36-37H,7-8,10-13,15-16,19H2. The number of likely N-dealkylation sites (tertiary alicyclic amines) is 2. The van der Waals surface area contributed by atoms with Gasteiger partial charge in [-0.1, -0.05) is 41.4 Å². The average molecular weight is 543 g/mol. The number of ketones is 1. The van der Waals surface area contributed by atoms with Crippen LogP contribution >= 0.6 is 23.2 Å². The van der Waals surface area contributed by atoms with Crippen LogP contribution in [0.5, 0.6) is 0 Å². The van der Waals surface area contributed by atoms with E-state index in [0.29, 0.717) is 54.0 Å². The highest BCUT2D eigenvalue weighted by Gasteiger charge is 2.39. The summed E-state index contributed by atoms with van der Waals surface area (Å²) in [6.45, 7) is 3.43. The molecule has 2 saturated heterocycles. The summed E-state index contributed by atoms with van der Waals surface area (Å²) < 4.78 is 0. The highest BCUT2D eigenvalue weighted by molar-refractivity contribution is 6.42. The van der Waals surface area contributed by atoms with E-state index in [9.17, 15) is 15.0 Å². The van der Waals surface area contributed by atoms with E-state index in [1.165, 1.54) is 22.5 Å². The van der Waals surface area contributed by atoms with Crippen molar-refractivity contribution in [1.29, 1.82) is 0 Å². The lowest BCUT2D eigenvalue weighted by Gasteiger charge is -2.43. The Balaban J connectivity index is 1.09. The second kappa shape index (κ2) is 11.2. The van der Waals surface area contributed by atoms with Gasteiger partial charge in [0.05, 0.1) is 21.8 Å². The maximum atomic E-state index is 12.5. The fourth-order valence-electron chi connectivity index (χ4n) is 5.59. The molecule has 0 bridgehead atoms. The third kappa shape index (κ3) is 5.89. The molecule has 0 saturated carbocycles. The number of halogens is 2. The summed E-state index contributed by atoms with van der Waals surface area (Å²) in [5.41, 5.74) is 1.92. The van der Waals surface area contributed by atoms with Gasteiger partial charge in [-0.05, 0) is 74.5 Å². The molecule has 0 aliphatic carbocycles. The normalized spacial score (nSPS) is 20.1. The van der Waals surface area contributed by atoms with Gasteiger partial charge in [-0.15, -0.1) is 0 Å². The number of hydrogen-bond acceptors (Lipinski definition) is 5. The summed E-state index contributed by atoms with van der Waals surface area (Å²) in [7, 11) is 0. The molecule has 0 spiro atoms. The summed E-state index contributed by atoms with van der Waals surface area (Å²) in [6.07, 6.45) is 7.59. The Morgan fingerprint density at radius 1 is 1.08 bits per heavy atom. The van der Waals surface area contributed by atoms with Crippen LogP contribution in [0.1, 0.15) is 47.5 Å². The number of β-amino-alcohol motifs (C(OH)–C–C–N with tert-alkyl or cyclic N) is 1. The smallest absolute Gasteiger partial charge is 0.187 e. The molecule has 37 heavy (non-hydrogen) atoms. The van der Waals surface area contributed by atoms with Gasteiger partial charge in [-0.25, -0.2) is 0 Å². The maximum absolute atomic E-state index is 12.5. The van der Waals surface area contributed by atoms with Crippen LogP contribution in [0.4, 0.5) is 0 Å². The monoisotopic (exact) mass is 541 g/mol. The Morgan fingerprint density at radius 3 is 2.54 bits per heavy atom. The van der Waals surface area contributed by atoms with Crippen molar-refractivity contribution < 1.29 is 15.0 Å². The van der Waals surface area contributed by atoms with Crippen molar-refractivity contribution in [2.75, 3.05) is 32.7 Å². The zero-order chi connectivity index (χ0) is 26.0. The number of aliphatic hydroxyl groups is 2. The van der Waals surface area contributed by atoms with Crippen LogP contribution in [-0.4, -0.2) is 75.2 Å². The summed E-state index contributed by atoms with van der Waals surface area (Å²) in [4.78, 5) is 20.1. The van der Waals surface area contributed by atoms with Gasteiger partial charge >= 0.3 is 0 Å². The predicted octanol–water partition coefficient (Wildman–Crippen LogP) is 5.24. The van der Waals surface area contributed by atoms with Crippen LogP contribution in [0.2, 0.25) is 10.0 Å². The molecule has 3 N–H and O–H groups in total. The number of aromatic nitrogens is 1. The Labute approximate surface area is 227 Å². The number of allylic oxidation sites excluding steroid dienone is 1. The van der Waals surface area contributed by atoms with Crippen molar-refractivity contribution >= 4 is 39.9 Å². The number of hydrogen-bond donors (Lipinski definition) is 3. The number of aromatic amines is 1. The van der Waals surface area contributed by atoms with Gasteiger partial charge < -0.3 is 25.0 Å². The third-order valence-electron chi connectivity index (χ3n) is 8.00. The summed E-state index contributed by atoms with van der Waals surface area (Å²) >= 11 is 11.9. The summed E-state index contributed by atoms with van der Waals surface area (Å²) in [5, 5.41) is 24.2. The van der Waals surface area contributed by atoms with Crippen LogP contribution in [0.25, 0.3) is 10.9 Å². The average Bonchev–Trinajstić information content (AvgIpc) is 3.34. The van der Waals surface area contributed by atoms with E-state index >= 15 is 0 Å². The number of fused-ring (bicyclic) bond motifs is 1. The fourth-order valence-corrected chi connectivity index (χ4v) is 5.88. The number of rotatable bonds is 7. The van der Waals surface area contributed by atoms with Crippen molar-refractivity contribution in [3.8, 4) is 0 Å². The van der Waals surface area contributed by atoms with Gasteiger partial charge in [-0.2, -0.15) is 0 Å². The van der Waals surface area contributed by atoms with E-state index in [2.05, 4.69) is 40.3 Å². The largest absolute Gasteiger partial charge is 0.389 e. The summed E-state index contributed by atoms with van der Waals surface area (Å²) in [6, 6.07) is 13.2. The van der Waals surface area contributed by atoms with E-state index in [1.807, 2.05) is 4.90 Å². The van der Waals surface area contributed by atoms with Gasteiger partial charge in [0, 0.05) is 54.6 Å². The Hall–Kier alpha value is -2.35. The first-order chi connectivity index (χ1) is 17.8. The zero-order valence-corrected chi connectivity index (χ0v) is 22.3. The molecule has 196 valence electrons. The summed E-state index contributed by atoms with van der Waals surface area (Å²) in [5.74, 6) is 0.352. The van der Waals surface area contributed by atoms with Gasteiger partial charge in [-0.3, -0.25) is 4.79 Å². The lowest BCUT2D eigenvalue weighted by atomic mass is 9.84. The molecular formula is C29H33Cl2N3O3. The molecule has 8 heteroatoms. The highest BCUT2D eigenvalue weighted by atomic mass is 35.5. The molecule has 0 amide bonds. The first kappa shape index (κ1) is 26.3. The van der Waals surface area contributed by atoms with Crippen molar-refractivity contribution in [2.45, 2.75) is 43.3 Å². The van der Waals surface area contributed by atoms with Crippen molar-refractivity contribution in [2.24, 2.45) is 0 Å². The van der Waals surface area contributed by atoms with Crippen molar-refractivity contribution in [3.05, 3.63) is 82.1 Å². The molecule has 3 heterocycles. The Bertz CT molecular complexity index is 1270. The minimum absolute atomic E-state index is 0.157. The second-order valence-corrected chi connectivity index (χ2v) is 11.1. The van der Waals surface area contributed by atoms with E-state index in [1.54, 1.807) is 24.4 Å². The molecule has 5 rings (SSSR count). The molecule has 3 aromatic rings. The number of H-pyrrole nitrogens is 1. The van der Waals surface area contributed by atoms with Gasteiger partial charge in [0.1, 0.15) is 0 Å². The van der Waals surface area contributed by atoms with E-state index in [4.69, 9.17) is 23.2 Å². The van der Waals surface area contributed by atoms with Gasteiger partial charge in [0.25, 0.3) is 0 Å². The van der Waals surface area contributed by atoms with Gasteiger partial charge in [0.2, 0.25) is 0 Å². The topological polar surface area (TPSA) is 79.8 Å². The molecule has 1 unspecified atom stereocenters. The zero-order valence-electron chi connectivity index (χ0n) is 20.7. The number of piperidine rings is 2. The SMILES string of the molecule is O=C(C=CN1CCC(O)(C(O)CN2CCC(c3c[nH]c4ccccc34)CC2)CC1)c1ccc(Cl)c(Cl)c1. The van der Waals surface area contributed by atoms with Crippen LogP contribution in [0.3, 0.4) is 0 Å². The van der Waals surface area contributed by atoms with Crippen LogP contribution in [-0.2, 0) is 0 Å². The lowest BCUT2D eigenvalue weighted by molar-refractivity contribution is -0.114. The number of carbonyl (C=O) groups is 1. The molecule has 1 aromatic heterocycles. The number of nitrogens with zero attached hydrogens (tertiary/aromatic N) is 2.